The third-order valence-electron chi connectivity index (χ3n) is 5.13. The zero-order valence-electron chi connectivity index (χ0n) is 15.7. The second-order valence-corrected chi connectivity index (χ2v) is 7.04. The van der Waals surface area contributed by atoms with Crippen molar-refractivity contribution in [3.63, 3.8) is 0 Å². The third kappa shape index (κ3) is 4.33. The molecule has 0 unspecified atom stereocenters. The molecule has 0 N–H and O–H groups in total. The Hall–Kier alpha value is -1.72. The van der Waals surface area contributed by atoms with Crippen LogP contribution >= 0.6 is 0 Å². The number of benzene rings is 1. The molecule has 3 nitrogen and oxygen atoms in total. The number of alkyl halides is 3. The van der Waals surface area contributed by atoms with Gasteiger partial charge in [0.1, 0.15) is 5.75 Å². The van der Waals surface area contributed by atoms with Gasteiger partial charge in [-0.05, 0) is 49.9 Å². The fraction of sp³-hybridized carbons (Fsp3) is 0.650. The predicted molar refractivity (Wildman–Crippen MR) is 96.4 cm³/mol. The molecule has 0 bridgehead atoms. The summed E-state index contributed by atoms with van der Waals surface area (Å²) in [5, 5.41) is 0. The van der Waals surface area contributed by atoms with E-state index in [1.54, 1.807) is 17.0 Å². The molecule has 0 aliphatic carbocycles. The lowest BCUT2D eigenvalue weighted by Gasteiger charge is -2.27. The molecular weight excluding hydrogens is 343 g/mol. The fourth-order valence-corrected chi connectivity index (χ4v) is 3.86. The summed E-state index contributed by atoms with van der Waals surface area (Å²) in [6.45, 7) is 6.27. The monoisotopic (exact) mass is 371 g/mol. The van der Waals surface area contributed by atoms with E-state index < -0.39 is 12.3 Å². The lowest BCUT2D eigenvalue weighted by molar-refractivity contribution is -0.195. The largest absolute Gasteiger partial charge is 0.481 e. The molecule has 2 rings (SSSR count). The summed E-state index contributed by atoms with van der Waals surface area (Å²) in [4.78, 5) is 14.8. The first-order chi connectivity index (χ1) is 12.3. The quantitative estimate of drug-likeness (QED) is 0.584. The Morgan fingerprint density at radius 3 is 2.15 bits per heavy atom. The molecule has 0 radical (unpaired) electrons. The number of anilines is 1. The van der Waals surface area contributed by atoms with Crippen LogP contribution in [0, 0.1) is 5.41 Å². The second kappa shape index (κ2) is 8.31. The summed E-state index contributed by atoms with van der Waals surface area (Å²) in [5.74, 6) is 0.301. The van der Waals surface area contributed by atoms with Crippen molar-refractivity contribution in [1.82, 2.24) is 0 Å². The maximum atomic E-state index is 13.0. The molecule has 1 fully saturated rings. The predicted octanol–water partition coefficient (Wildman–Crippen LogP) is 5.73. The molecule has 146 valence electrons. The summed E-state index contributed by atoms with van der Waals surface area (Å²) < 4.78 is 43.6. The Balaban J connectivity index is 2.12. The SMILES string of the molecule is CCCC1(CCC)CCN(c2ccc(O[C@@H](CC)C(F)(F)F)cc2)C1=O. The lowest BCUT2D eigenvalue weighted by atomic mass is 9.78. The van der Waals surface area contributed by atoms with Crippen LogP contribution in [0.3, 0.4) is 0 Å². The van der Waals surface area contributed by atoms with Gasteiger partial charge < -0.3 is 9.64 Å². The Bertz CT molecular complexity index is 592. The molecule has 0 saturated carbocycles. The van der Waals surface area contributed by atoms with Crippen molar-refractivity contribution < 1.29 is 22.7 Å². The van der Waals surface area contributed by atoms with Gasteiger partial charge in [0.15, 0.2) is 6.10 Å². The normalized spacial score (nSPS) is 18.2. The van der Waals surface area contributed by atoms with Gasteiger partial charge >= 0.3 is 6.18 Å². The number of hydrogen-bond donors (Lipinski definition) is 0. The number of halogens is 3. The molecule has 1 aliphatic heterocycles. The number of ether oxygens (including phenoxy) is 1. The highest BCUT2D eigenvalue weighted by molar-refractivity contribution is 5.99. The molecule has 0 spiro atoms. The van der Waals surface area contributed by atoms with Gasteiger partial charge in [0.25, 0.3) is 0 Å². The van der Waals surface area contributed by atoms with Crippen LogP contribution in [0.5, 0.6) is 5.75 Å². The van der Waals surface area contributed by atoms with Crippen molar-refractivity contribution in [3.8, 4) is 5.75 Å². The Morgan fingerprint density at radius 2 is 1.69 bits per heavy atom. The molecule has 1 aliphatic rings. The van der Waals surface area contributed by atoms with E-state index in [0.29, 0.717) is 6.54 Å². The first kappa shape index (κ1) is 20.6. The van der Waals surface area contributed by atoms with E-state index in [1.807, 2.05) is 0 Å². The maximum Gasteiger partial charge on any atom is 0.425 e. The van der Waals surface area contributed by atoms with Gasteiger partial charge in [-0.15, -0.1) is 0 Å². The number of rotatable bonds is 8. The third-order valence-corrected chi connectivity index (χ3v) is 5.13. The topological polar surface area (TPSA) is 29.5 Å². The molecule has 1 aromatic carbocycles. The van der Waals surface area contributed by atoms with Crippen molar-refractivity contribution in [1.29, 1.82) is 0 Å². The van der Waals surface area contributed by atoms with E-state index in [0.717, 1.165) is 37.8 Å². The average Bonchev–Trinajstić information content (AvgIpc) is 2.90. The van der Waals surface area contributed by atoms with Gasteiger partial charge in [0.05, 0.1) is 5.41 Å². The van der Waals surface area contributed by atoms with Crippen LogP contribution in [-0.2, 0) is 4.79 Å². The minimum atomic E-state index is -4.39. The number of carbonyl (C=O) groups excluding carboxylic acids is 1. The van der Waals surface area contributed by atoms with Crippen LogP contribution in [0.2, 0.25) is 0 Å². The van der Waals surface area contributed by atoms with Crippen molar-refractivity contribution in [3.05, 3.63) is 24.3 Å². The molecule has 1 amide bonds. The second-order valence-electron chi connectivity index (χ2n) is 7.04. The Kier molecular flexibility index (Phi) is 6.58. The minimum Gasteiger partial charge on any atom is -0.481 e. The summed E-state index contributed by atoms with van der Waals surface area (Å²) in [7, 11) is 0. The number of hydrogen-bond acceptors (Lipinski definition) is 2. The molecule has 6 heteroatoms. The Morgan fingerprint density at radius 1 is 1.12 bits per heavy atom. The van der Waals surface area contributed by atoms with Crippen LogP contribution in [0.1, 0.15) is 59.3 Å². The van der Waals surface area contributed by atoms with E-state index in [9.17, 15) is 18.0 Å². The van der Waals surface area contributed by atoms with Crippen LogP contribution in [-0.4, -0.2) is 24.7 Å². The van der Waals surface area contributed by atoms with Gasteiger partial charge in [-0.2, -0.15) is 13.2 Å². The van der Waals surface area contributed by atoms with E-state index in [4.69, 9.17) is 4.74 Å². The number of nitrogens with zero attached hydrogens (tertiary/aromatic N) is 1. The lowest BCUT2D eigenvalue weighted by Crippen LogP contribution is -2.35. The molecular formula is C20H28F3NO2. The van der Waals surface area contributed by atoms with E-state index in [2.05, 4.69) is 13.8 Å². The minimum absolute atomic E-state index is 0.136. The van der Waals surface area contributed by atoms with Gasteiger partial charge in [-0.3, -0.25) is 4.79 Å². The van der Waals surface area contributed by atoms with Crippen molar-refractivity contribution in [2.24, 2.45) is 5.41 Å². The molecule has 1 heterocycles. The summed E-state index contributed by atoms with van der Waals surface area (Å²) >= 11 is 0. The molecule has 26 heavy (non-hydrogen) atoms. The van der Waals surface area contributed by atoms with Crippen molar-refractivity contribution in [2.45, 2.75) is 71.6 Å². The summed E-state index contributed by atoms with van der Waals surface area (Å²) in [5.41, 5.74) is 0.430. The highest BCUT2D eigenvalue weighted by Crippen LogP contribution is 2.42. The molecule has 0 aromatic heterocycles. The van der Waals surface area contributed by atoms with E-state index in [-0.39, 0.29) is 23.5 Å². The first-order valence-electron chi connectivity index (χ1n) is 9.42. The number of carbonyl (C=O) groups is 1. The smallest absolute Gasteiger partial charge is 0.425 e. The number of amides is 1. The zero-order valence-corrected chi connectivity index (χ0v) is 15.7. The molecule has 1 aromatic rings. The zero-order chi connectivity index (χ0) is 19.4. The van der Waals surface area contributed by atoms with Crippen molar-refractivity contribution in [2.75, 3.05) is 11.4 Å². The fourth-order valence-electron chi connectivity index (χ4n) is 3.86. The summed E-state index contributed by atoms with van der Waals surface area (Å²) in [6, 6.07) is 6.36. The van der Waals surface area contributed by atoms with Crippen molar-refractivity contribution >= 4 is 11.6 Å². The van der Waals surface area contributed by atoms with E-state index >= 15 is 0 Å². The Labute approximate surface area is 153 Å². The first-order valence-corrected chi connectivity index (χ1v) is 9.42. The highest BCUT2D eigenvalue weighted by Gasteiger charge is 2.45. The van der Waals surface area contributed by atoms with E-state index in [1.165, 1.54) is 19.1 Å². The average molecular weight is 371 g/mol. The van der Waals surface area contributed by atoms with Gasteiger partial charge in [0.2, 0.25) is 5.91 Å². The molecule has 1 atom stereocenters. The highest BCUT2D eigenvalue weighted by atomic mass is 19.4. The van der Waals surface area contributed by atoms with Crippen LogP contribution in [0.15, 0.2) is 24.3 Å². The van der Waals surface area contributed by atoms with Crippen LogP contribution in [0.25, 0.3) is 0 Å². The molecule has 1 saturated heterocycles. The maximum absolute atomic E-state index is 13.0. The van der Waals surface area contributed by atoms with Gasteiger partial charge in [0, 0.05) is 12.2 Å². The standard InChI is InChI=1S/C20H28F3NO2/c1-4-11-19(12-5-2)13-14-24(18(19)25)15-7-9-16(10-8-15)26-17(6-3)20(21,22)23/h7-10,17H,4-6,11-14H2,1-3H3/t17-/m0/s1. The van der Waals surface area contributed by atoms with Gasteiger partial charge in [-0.25, -0.2) is 0 Å². The van der Waals surface area contributed by atoms with Crippen LogP contribution in [0.4, 0.5) is 18.9 Å². The van der Waals surface area contributed by atoms with Crippen LogP contribution < -0.4 is 9.64 Å². The van der Waals surface area contributed by atoms with Gasteiger partial charge in [-0.1, -0.05) is 33.6 Å². The summed E-state index contributed by atoms with van der Waals surface area (Å²) in [6.07, 6.45) is -1.85.